The highest BCUT2D eigenvalue weighted by Crippen LogP contribution is 2.48. The molecule has 0 aliphatic heterocycles. The van der Waals surface area contributed by atoms with Gasteiger partial charge >= 0.3 is 0 Å². The molecule has 108 valence electrons. The Labute approximate surface area is 127 Å². The van der Waals surface area contributed by atoms with Crippen LogP contribution in [0.4, 0.5) is 10.1 Å². The molecule has 21 heavy (non-hydrogen) atoms. The minimum absolute atomic E-state index is 0.0273. The van der Waals surface area contributed by atoms with Gasteiger partial charge in [-0.25, -0.2) is 4.39 Å². The van der Waals surface area contributed by atoms with Gasteiger partial charge in [-0.15, -0.1) is 0 Å². The number of para-hydroxylation sites is 1. The van der Waals surface area contributed by atoms with Crippen molar-refractivity contribution in [1.29, 1.82) is 0 Å². The Kier molecular flexibility index (Phi) is 3.68. The second kappa shape index (κ2) is 5.49. The van der Waals surface area contributed by atoms with Crippen LogP contribution >= 0.6 is 11.6 Å². The predicted octanol–water partition coefficient (Wildman–Crippen LogP) is 4.53. The molecule has 0 spiro atoms. The van der Waals surface area contributed by atoms with Crippen LogP contribution in [0.5, 0.6) is 0 Å². The lowest BCUT2D eigenvalue weighted by molar-refractivity contribution is -0.117. The summed E-state index contributed by atoms with van der Waals surface area (Å²) in [4.78, 5) is 12.3. The van der Waals surface area contributed by atoms with Crippen LogP contribution in [0.1, 0.15) is 23.5 Å². The van der Waals surface area contributed by atoms with E-state index in [0.717, 1.165) is 17.5 Å². The molecule has 0 heterocycles. The number of halogens is 2. The third kappa shape index (κ3) is 2.93. The average Bonchev–Trinajstić information content (AvgIpc) is 3.24. The van der Waals surface area contributed by atoms with Crippen molar-refractivity contribution in [3.63, 3.8) is 0 Å². The molecule has 2 aromatic carbocycles. The summed E-state index contributed by atoms with van der Waals surface area (Å²) in [6.07, 6.45) is 0.793. The molecule has 1 fully saturated rings. The Morgan fingerprint density at radius 3 is 2.62 bits per heavy atom. The first-order chi connectivity index (χ1) is 10.1. The van der Waals surface area contributed by atoms with Crippen molar-refractivity contribution in [3.05, 3.63) is 64.4 Å². The van der Waals surface area contributed by atoms with E-state index in [0.29, 0.717) is 10.7 Å². The zero-order valence-corrected chi connectivity index (χ0v) is 12.3. The van der Waals surface area contributed by atoms with Crippen molar-refractivity contribution in [3.8, 4) is 0 Å². The fourth-order valence-corrected chi connectivity index (χ4v) is 2.84. The zero-order chi connectivity index (χ0) is 15.0. The molecule has 0 unspecified atom stereocenters. The van der Waals surface area contributed by atoms with Crippen molar-refractivity contribution in [2.75, 3.05) is 5.32 Å². The van der Waals surface area contributed by atoms with E-state index in [2.05, 4.69) is 5.32 Å². The van der Waals surface area contributed by atoms with Crippen LogP contribution in [0.3, 0.4) is 0 Å². The van der Waals surface area contributed by atoms with Gasteiger partial charge in [-0.2, -0.15) is 0 Å². The van der Waals surface area contributed by atoms with Gasteiger partial charge in [-0.1, -0.05) is 35.9 Å². The number of hydrogen-bond donors (Lipinski definition) is 1. The minimum atomic E-state index is -0.257. The van der Waals surface area contributed by atoms with Gasteiger partial charge in [0.1, 0.15) is 5.82 Å². The molecule has 0 aromatic heterocycles. The first-order valence-corrected chi connectivity index (χ1v) is 7.25. The lowest BCUT2D eigenvalue weighted by atomic mass is 10.1. The van der Waals surface area contributed by atoms with E-state index in [1.54, 1.807) is 18.2 Å². The van der Waals surface area contributed by atoms with Gasteiger partial charge in [0.25, 0.3) is 0 Å². The molecule has 2 aromatic rings. The molecular formula is C17H15ClFNO. The summed E-state index contributed by atoms with van der Waals surface area (Å²) in [6.45, 7) is 1.91. The Balaban J connectivity index is 1.69. The Morgan fingerprint density at radius 1 is 1.24 bits per heavy atom. The summed E-state index contributed by atoms with van der Waals surface area (Å²) in [5.41, 5.74) is 2.62. The van der Waals surface area contributed by atoms with E-state index in [4.69, 9.17) is 11.6 Å². The minimum Gasteiger partial charge on any atom is -0.324 e. The molecule has 1 aliphatic rings. The van der Waals surface area contributed by atoms with Crippen molar-refractivity contribution in [2.45, 2.75) is 19.3 Å². The Bertz CT molecular complexity index is 663. The average molecular weight is 304 g/mol. The number of carbonyl (C=O) groups is 1. The maximum Gasteiger partial charge on any atom is 0.228 e. The van der Waals surface area contributed by atoms with Crippen LogP contribution in [0, 0.1) is 18.7 Å². The topological polar surface area (TPSA) is 29.1 Å². The number of aryl methyl sites for hydroxylation is 1. The normalized spacial score (nSPS) is 20.1. The lowest BCUT2D eigenvalue weighted by Crippen LogP contribution is -2.15. The molecule has 0 radical (unpaired) electrons. The van der Waals surface area contributed by atoms with Gasteiger partial charge in [0, 0.05) is 5.92 Å². The van der Waals surface area contributed by atoms with Gasteiger partial charge in [0.05, 0.1) is 10.7 Å². The summed E-state index contributed by atoms with van der Waals surface area (Å²) >= 11 is 6.11. The van der Waals surface area contributed by atoms with Crippen LogP contribution in [0.2, 0.25) is 5.02 Å². The summed E-state index contributed by atoms with van der Waals surface area (Å²) in [6, 6.07) is 11.9. The van der Waals surface area contributed by atoms with Gasteiger partial charge in [0.2, 0.25) is 5.91 Å². The van der Waals surface area contributed by atoms with Gasteiger partial charge in [-0.3, -0.25) is 4.79 Å². The number of carbonyl (C=O) groups excluding carboxylic acids is 1. The van der Waals surface area contributed by atoms with Crippen LogP contribution in [0.25, 0.3) is 0 Å². The summed E-state index contributed by atoms with van der Waals surface area (Å²) < 4.78 is 12.9. The fraction of sp³-hybridized carbons (Fsp3) is 0.235. The maximum atomic E-state index is 12.9. The Morgan fingerprint density at radius 2 is 1.95 bits per heavy atom. The molecule has 1 amide bonds. The van der Waals surface area contributed by atoms with Crippen LogP contribution in [0.15, 0.2) is 42.5 Å². The molecule has 0 saturated heterocycles. The van der Waals surface area contributed by atoms with Crippen LogP contribution in [-0.4, -0.2) is 5.91 Å². The third-order valence-corrected chi connectivity index (χ3v) is 4.21. The third-order valence-electron chi connectivity index (χ3n) is 3.90. The summed E-state index contributed by atoms with van der Waals surface area (Å²) in [7, 11) is 0. The molecule has 2 atom stereocenters. The highest BCUT2D eigenvalue weighted by molar-refractivity contribution is 6.34. The van der Waals surface area contributed by atoms with E-state index in [1.807, 2.05) is 19.1 Å². The van der Waals surface area contributed by atoms with Crippen molar-refractivity contribution < 1.29 is 9.18 Å². The number of hydrogen-bond acceptors (Lipinski definition) is 1. The lowest BCUT2D eigenvalue weighted by Gasteiger charge is -2.10. The monoisotopic (exact) mass is 303 g/mol. The summed E-state index contributed by atoms with van der Waals surface area (Å²) in [5.74, 6) is -0.174. The van der Waals surface area contributed by atoms with Crippen molar-refractivity contribution in [1.82, 2.24) is 0 Å². The Hall–Kier alpha value is -1.87. The number of benzene rings is 2. The number of amides is 1. The standard InChI is InChI=1S/C17H15ClFNO/c1-10-3-2-4-15(18)16(10)20-17(21)14-9-13(14)11-5-7-12(19)8-6-11/h2-8,13-14H,9H2,1H3,(H,20,21)/t13-,14-/m0/s1. The fourth-order valence-electron chi connectivity index (χ4n) is 2.57. The van der Waals surface area contributed by atoms with E-state index in [1.165, 1.54) is 12.1 Å². The van der Waals surface area contributed by atoms with Gasteiger partial charge in [0.15, 0.2) is 0 Å². The molecule has 3 rings (SSSR count). The predicted molar refractivity (Wildman–Crippen MR) is 82.1 cm³/mol. The SMILES string of the molecule is Cc1cccc(Cl)c1NC(=O)[C@H]1C[C@H]1c1ccc(F)cc1. The highest BCUT2D eigenvalue weighted by Gasteiger charge is 2.44. The molecule has 4 heteroatoms. The number of rotatable bonds is 3. The first-order valence-electron chi connectivity index (χ1n) is 6.87. The molecule has 1 saturated carbocycles. The second-order valence-corrected chi connectivity index (χ2v) is 5.83. The number of anilines is 1. The van der Waals surface area contributed by atoms with Crippen LogP contribution in [-0.2, 0) is 4.79 Å². The van der Waals surface area contributed by atoms with E-state index in [-0.39, 0.29) is 23.6 Å². The molecule has 2 nitrogen and oxygen atoms in total. The van der Waals surface area contributed by atoms with E-state index < -0.39 is 0 Å². The number of nitrogens with one attached hydrogen (secondary N) is 1. The van der Waals surface area contributed by atoms with Crippen molar-refractivity contribution >= 4 is 23.2 Å². The van der Waals surface area contributed by atoms with Crippen LogP contribution < -0.4 is 5.32 Å². The van der Waals surface area contributed by atoms with E-state index >= 15 is 0 Å². The molecule has 1 aliphatic carbocycles. The molecular weight excluding hydrogens is 289 g/mol. The maximum absolute atomic E-state index is 12.9. The quantitative estimate of drug-likeness (QED) is 0.887. The molecule has 0 bridgehead atoms. The largest absolute Gasteiger partial charge is 0.324 e. The second-order valence-electron chi connectivity index (χ2n) is 5.42. The zero-order valence-electron chi connectivity index (χ0n) is 11.6. The highest BCUT2D eigenvalue weighted by atomic mass is 35.5. The van der Waals surface area contributed by atoms with E-state index in [9.17, 15) is 9.18 Å². The first kappa shape index (κ1) is 14.1. The van der Waals surface area contributed by atoms with Gasteiger partial charge < -0.3 is 5.32 Å². The summed E-state index contributed by atoms with van der Waals surface area (Å²) in [5, 5.41) is 3.45. The smallest absolute Gasteiger partial charge is 0.228 e. The molecule has 1 N–H and O–H groups in total. The van der Waals surface area contributed by atoms with Gasteiger partial charge in [-0.05, 0) is 48.6 Å². The van der Waals surface area contributed by atoms with Crippen molar-refractivity contribution in [2.24, 2.45) is 5.92 Å².